The van der Waals surface area contributed by atoms with E-state index in [1.165, 1.54) is 24.3 Å². The summed E-state index contributed by atoms with van der Waals surface area (Å²) in [6, 6.07) is 13.8. The van der Waals surface area contributed by atoms with Crippen LogP contribution in [0.1, 0.15) is 40.3 Å². The van der Waals surface area contributed by atoms with E-state index in [1.54, 1.807) is 30.3 Å². The fourth-order valence-corrected chi connectivity index (χ4v) is 5.41. The smallest absolute Gasteiger partial charge is 0.437 e. The van der Waals surface area contributed by atoms with Crippen molar-refractivity contribution in [2.24, 2.45) is 0 Å². The van der Waals surface area contributed by atoms with Crippen molar-refractivity contribution < 1.29 is 40.4 Å². The number of fused-ring (bicyclic) bond motifs is 3. The molecule has 3 aromatic heterocycles. The van der Waals surface area contributed by atoms with Crippen molar-refractivity contribution in [2.45, 2.75) is 25.1 Å². The Morgan fingerprint density at radius 1 is 1.00 bits per heavy atom. The summed E-state index contributed by atoms with van der Waals surface area (Å²) in [5.74, 6) is -4.34. The normalized spacial score (nSPS) is 15.5. The maximum absolute atomic E-state index is 14.3. The average molecular weight is 611 g/mol. The van der Waals surface area contributed by atoms with Crippen molar-refractivity contribution in [3.8, 4) is 22.8 Å². The first kappa shape index (κ1) is 27.4. The molecule has 0 saturated heterocycles. The molecule has 0 bridgehead atoms. The molecule has 1 amide bonds. The molecular weight excluding hydrogens is 593 g/mol. The molecule has 4 heterocycles. The average Bonchev–Trinajstić information content (AvgIpc) is 3.71. The van der Waals surface area contributed by atoms with Gasteiger partial charge in [0, 0.05) is 18.1 Å². The molecule has 0 radical (unpaired) electrons. The van der Waals surface area contributed by atoms with Crippen LogP contribution in [0.15, 0.2) is 74.4 Å². The number of rotatable bonds is 6. The van der Waals surface area contributed by atoms with Gasteiger partial charge in [0.2, 0.25) is 0 Å². The fraction of sp³-hybridized carbons (Fsp3) is 0.172. The quantitative estimate of drug-likeness (QED) is 0.201. The van der Waals surface area contributed by atoms with Crippen molar-refractivity contribution >= 4 is 28.0 Å². The maximum Gasteiger partial charge on any atom is 0.437 e. The number of amides is 1. The number of oxazole rings is 1. The van der Waals surface area contributed by atoms with E-state index in [4.69, 9.17) is 13.7 Å². The minimum atomic E-state index is -4.73. The Kier molecular flexibility index (Phi) is 5.92. The summed E-state index contributed by atoms with van der Waals surface area (Å²) in [6.45, 7) is -0.202. The number of ether oxygens (including phenoxy) is 1. The third-order valence-electron chi connectivity index (χ3n) is 7.15. The van der Waals surface area contributed by atoms with E-state index in [0.717, 1.165) is 11.0 Å². The zero-order valence-corrected chi connectivity index (χ0v) is 22.3. The SMILES string of the molecule is CC(F)(F)CN1C(=O)c2[nH]nc(-c3cccc4[nH]c(=O)oc34)c2C1c1ccc(Oc2ccc3onc(C(F)(F)F)c3c2)cc1. The molecule has 1 aliphatic heterocycles. The van der Waals surface area contributed by atoms with Gasteiger partial charge in [0.15, 0.2) is 16.9 Å². The van der Waals surface area contributed by atoms with Crippen LogP contribution in [0.4, 0.5) is 22.0 Å². The number of benzene rings is 3. The molecule has 0 fully saturated rings. The predicted molar refractivity (Wildman–Crippen MR) is 143 cm³/mol. The Morgan fingerprint density at radius 2 is 1.75 bits per heavy atom. The summed E-state index contributed by atoms with van der Waals surface area (Å²) in [7, 11) is 0. The molecule has 10 nitrogen and oxygen atoms in total. The summed E-state index contributed by atoms with van der Waals surface area (Å²) >= 11 is 0. The van der Waals surface area contributed by atoms with Gasteiger partial charge in [0.25, 0.3) is 11.8 Å². The minimum Gasteiger partial charge on any atom is -0.457 e. The largest absolute Gasteiger partial charge is 0.457 e. The fourth-order valence-electron chi connectivity index (χ4n) is 5.41. The highest BCUT2D eigenvalue weighted by Gasteiger charge is 2.45. The van der Waals surface area contributed by atoms with Crippen molar-refractivity contribution in [2.75, 3.05) is 6.54 Å². The zero-order chi connectivity index (χ0) is 31.0. The van der Waals surface area contributed by atoms with Gasteiger partial charge < -0.3 is 18.6 Å². The number of para-hydroxylation sites is 1. The number of alkyl halides is 5. The van der Waals surface area contributed by atoms with E-state index in [9.17, 15) is 31.5 Å². The van der Waals surface area contributed by atoms with Crippen LogP contribution in [0.25, 0.3) is 33.3 Å². The Balaban J connectivity index is 1.27. The summed E-state index contributed by atoms with van der Waals surface area (Å²) < 4.78 is 84.4. The van der Waals surface area contributed by atoms with Gasteiger partial charge in [-0.25, -0.2) is 13.6 Å². The van der Waals surface area contributed by atoms with Crippen LogP contribution in [0.3, 0.4) is 0 Å². The van der Waals surface area contributed by atoms with Crippen LogP contribution >= 0.6 is 0 Å². The zero-order valence-electron chi connectivity index (χ0n) is 22.3. The maximum atomic E-state index is 14.3. The number of H-pyrrole nitrogens is 2. The number of nitrogens with zero attached hydrogens (tertiary/aromatic N) is 3. The monoisotopic (exact) mass is 611 g/mol. The predicted octanol–water partition coefficient (Wildman–Crippen LogP) is 6.66. The molecule has 7 rings (SSSR count). The number of halogens is 5. The van der Waals surface area contributed by atoms with Crippen LogP contribution in [0.5, 0.6) is 11.5 Å². The van der Waals surface area contributed by atoms with Gasteiger partial charge in [-0.3, -0.25) is 14.9 Å². The van der Waals surface area contributed by atoms with E-state index in [0.29, 0.717) is 29.1 Å². The second-order valence-corrected chi connectivity index (χ2v) is 10.3. The molecule has 6 aromatic rings. The Labute approximate surface area is 242 Å². The van der Waals surface area contributed by atoms with E-state index in [2.05, 4.69) is 20.3 Å². The van der Waals surface area contributed by atoms with Gasteiger partial charge in [-0.05, 0) is 48.0 Å². The standard InChI is InChI=1S/C29H18F5N5O5/c1-28(30,31)12-39-23(20-21(36-37-22(20)26(39)40)16-3-2-4-18-24(16)43-27(41)35-18)13-5-7-14(8-6-13)42-15-9-10-19-17(11-15)25(38-44-19)29(32,33)34/h2-11,23H,12H2,1H3,(H,35,41)(H,36,37). The van der Waals surface area contributed by atoms with Crippen LogP contribution in [-0.4, -0.2) is 43.6 Å². The molecule has 224 valence electrons. The molecule has 1 aliphatic rings. The second-order valence-electron chi connectivity index (χ2n) is 10.3. The first-order valence-electron chi connectivity index (χ1n) is 13.0. The van der Waals surface area contributed by atoms with Crippen LogP contribution in [-0.2, 0) is 6.18 Å². The van der Waals surface area contributed by atoms with Crippen LogP contribution < -0.4 is 10.5 Å². The first-order chi connectivity index (χ1) is 20.9. The Morgan fingerprint density at radius 3 is 2.48 bits per heavy atom. The topological polar surface area (TPSA) is 130 Å². The molecule has 1 unspecified atom stereocenters. The van der Waals surface area contributed by atoms with E-state index < -0.39 is 42.0 Å². The molecule has 0 spiro atoms. The van der Waals surface area contributed by atoms with Crippen molar-refractivity contribution in [3.63, 3.8) is 0 Å². The minimum absolute atomic E-state index is 0.00644. The summed E-state index contributed by atoms with van der Waals surface area (Å²) in [6.07, 6.45) is -4.73. The number of hydrogen-bond donors (Lipinski definition) is 2. The summed E-state index contributed by atoms with van der Waals surface area (Å²) in [5.41, 5.74) is 0.643. The van der Waals surface area contributed by atoms with Crippen molar-refractivity contribution in [3.05, 3.63) is 93.7 Å². The second kappa shape index (κ2) is 9.52. The number of nitrogens with one attached hydrogen (secondary N) is 2. The Bertz CT molecular complexity index is 2120. The summed E-state index contributed by atoms with van der Waals surface area (Å²) in [5, 5.41) is 9.77. The van der Waals surface area contributed by atoms with Gasteiger partial charge in [-0.15, -0.1) is 0 Å². The molecular formula is C29H18F5N5O5. The number of aromatic nitrogens is 4. The lowest BCUT2D eigenvalue weighted by molar-refractivity contribution is -0.141. The third kappa shape index (κ3) is 4.56. The third-order valence-corrected chi connectivity index (χ3v) is 7.15. The lowest BCUT2D eigenvalue weighted by atomic mass is 9.95. The van der Waals surface area contributed by atoms with Gasteiger partial charge in [-0.2, -0.15) is 18.3 Å². The van der Waals surface area contributed by atoms with Crippen molar-refractivity contribution in [1.29, 1.82) is 0 Å². The van der Waals surface area contributed by atoms with E-state index >= 15 is 0 Å². The lowest BCUT2D eigenvalue weighted by Gasteiger charge is -2.28. The number of hydrogen-bond acceptors (Lipinski definition) is 7. The molecule has 0 aliphatic carbocycles. The summed E-state index contributed by atoms with van der Waals surface area (Å²) in [4.78, 5) is 28.9. The van der Waals surface area contributed by atoms with Gasteiger partial charge in [0.05, 0.1) is 23.5 Å². The molecule has 44 heavy (non-hydrogen) atoms. The molecule has 0 saturated carbocycles. The van der Waals surface area contributed by atoms with Crippen LogP contribution in [0.2, 0.25) is 0 Å². The van der Waals surface area contributed by atoms with Gasteiger partial charge in [0.1, 0.15) is 22.9 Å². The molecule has 2 N–H and O–H groups in total. The van der Waals surface area contributed by atoms with Gasteiger partial charge in [-0.1, -0.05) is 23.4 Å². The molecule has 3 aromatic carbocycles. The number of aromatic amines is 2. The molecule has 15 heteroatoms. The van der Waals surface area contributed by atoms with Crippen LogP contribution in [0, 0.1) is 0 Å². The number of carbonyl (C=O) groups is 1. The van der Waals surface area contributed by atoms with Gasteiger partial charge >= 0.3 is 11.9 Å². The van der Waals surface area contributed by atoms with E-state index in [1.807, 2.05) is 0 Å². The molecule has 1 atom stereocenters. The lowest BCUT2D eigenvalue weighted by Crippen LogP contribution is -2.38. The van der Waals surface area contributed by atoms with Crippen molar-refractivity contribution in [1.82, 2.24) is 25.2 Å². The highest BCUT2D eigenvalue weighted by atomic mass is 19.4. The van der Waals surface area contributed by atoms with E-state index in [-0.39, 0.29) is 39.4 Å². The highest BCUT2D eigenvalue weighted by Crippen LogP contribution is 2.45. The highest BCUT2D eigenvalue weighted by molar-refractivity contribution is 6.02. The number of carbonyl (C=O) groups excluding carboxylic acids is 1. The first-order valence-corrected chi connectivity index (χ1v) is 13.0. The Hall–Kier alpha value is -5.47.